The zero-order valence-electron chi connectivity index (χ0n) is 21.5. The minimum absolute atomic E-state index is 0.362. The molecule has 1 aliphatic rings. The van der Waals surface area contributed by atoms with E-state index in [0.29, 0.717) is 23.6 Å². The van der Waals surface area contributed by atoms with E-state index < -0.39 is 0 Å². The maximum Gasteiger partial charge on any atom is 0.122 e. The second-order valence-corrected chi connectivity index (χ2v) is 9.52. The lowest BCUT2D eigenvalue weighted by atomic mass is 9.92. The van der Waals surface area contributed by atoms with Crippen LogP contribution >= 0.6 is 9.24 Å². The normalized spacial score (nSPS) is 21.0. The molecule has 1 N–H and O–H groups in total. The molecular weight excluding hydrogens is 431 g/mol. The van der Waals surface area contributed by atoms with Gasteiger partial charge in [0.05, 0.1) is 27.1 Å². The number of nitrogens with zero attached hydrogens (tertiary/aromatic N) is 1. The fourth-order valence-corrected chi connectivity index (χ4v) is 5.43. The Morgan fingerprint density at radius 3 is 2.58 bits per heavy atom. The van der Waals surface area contributed by atoms with E-state index in [4.69, 9.17) is 14.2 Å². The van der Waals surface area contributed by atoms with Crippen molar-refractivity contribution in [1.29, 1.82) is 0 Å². The molecule has 1 heterocycles. The van der Waals surface area contributed by atoms with Crippen molar-refractivity contribution in [2.45, 2.75) is 64.8 Å². The third kappa shape index (κ3) is 7.34. The molecule has 1 aromatic rings. The molecule has 0 saturated carbocycles. The van der Waals surface area contributed by atoms with Crippen LogP contribution in [0.25, 0.3) is 0 Å². The number of hydrogen-bond donors (Lipinski definition) is 1. The average molecular weight is 475 g/mol. The van der Waals surface area contributed by atoms with Crippen LogP contribution in [0.3, 0.4) is 0 Å². The van der Waals surface area contributed by atoms with E-state index in [0.717, 1.165) is 49.4 Å². The number of piperidine rings is 1. The number of hydrogen-bond acceptors (Lipinski definition) is 5. The first-order valence-corrected chi connectivity index (χ1v) is 12.5. The van der Waals surface area contributed by atoms with Crippen LogP contribution in [0.15, 0.2) is 48.0 Å². The Labute approximate surface area is 203 Å². The highest BCUT2D eigenvalue weighted by Gasteiger charge is 2.30. The first-order valence-electron chi connectivity index (χ1n) is 11.8. The zero-order chi connectivity index (χ0) is 24.5. The van der Waals surface area contributed by atoms with Crippen molar-refractivity contribution in [1.82, 2.24) is 10.2 Å². The van der Waals surface area contributed by atoms with Crippen LogP contribution in [0.4, 0.5) is 0 Å². The zero-order valence-corrected chi connectivity index (χ0v) is 22.7. The Kier molecular flexibility index (Phi) is 11.0. The number of rotatable bonds is 11. The molecule has 2 rings (SSSR count). The molecule has 33 heavy (non-hydrogen) atoms. The summed E-state index contributed by atoms with van der Waals surface area (Å²) in [7, 11) is 8.15. The first-order chi connectivity index (χ1) is 15.7. The summed E-state index contributed by atoms with van der Waals surface area (Å²) in [4.78, 5) is 2.61. The fraction of sp³-hybridized carbons (Fsp3) is 0.556. The fourth-order valence-electron chi connectivity index (χ4n) is 4.69. The Balaban J connectivity index is 2.06. The Morgan fingerprint density at radius 1 is 1.27 bits per heavy atom. The van der Waals surface area contributed by atoms with Gasteiger partial charge in [0.25, 0.3) is 0 Å². The molecular formula is C27H43N2O3P. The minimum atomic E-state index is 0.362. The Bertz CT molecular complexity index is 865. The second-order valence-electron chi connectivity index (χ2n) is 8.75. The molecule has 1 aromatic carbocycles. The minimum Gasteiger partial charge on any atom is -0.501 e. The molecule has 0 bridgehead atoms. The molecule has 5 nitrogen and oxygen atoms in total. The quantitative estimate of drug-likeness (QED) is 0.260. The van der Waals surface area contributed by atoms with Crippen LogP contribution in [-0.2, 0) is 15.9 Å². The maximum absolute atomic E-state index is 5.56. The van der Waals surface area contributed by atoms with E-state index in [2.05, 4.69) is 58.9 Å². The summed E-state index contributed by atoms with van der Waals surface area (Å²) in [5.74, 6) is 2.89. The summed E-state index contributed by atoms with van der Waals surface area (Å²) in [5, 5.41) is 3.74. The lowest BCUT2D eigenvalue weighted by molar-refractivity contribution is 0.133. The SMILES string of the molecule is C=C(/C=C(\C=C(/C)OC)CNC1CCN(C(C)c2ccc(OC)c(C)c2CC)C(P)C1)OC. The highest BCUT2D eigenvalue weighted by molar-refractivity contribution is 7.17. The molecule has 1 saturated heterocycles. The number of allylic oxidation sites excluding steroid dienone is 2. The van der Waals surface area contributed by atoms with E-state index >= 15 is 0 Å². The largest absolute Gasteiger partial charge is 0.501 e. The third-order valence-corrected chi connectivity index (χ3v) is 7.36. The van der Waals surface area contributed by atoms with Crippen LogP contribution in [0, 0.1) is 6.92 Å². The second kappa shape index (κ2) is 13.2. The van der Waals surface area contributed by atoms with E-state index in [1.807, 2.05) is 19.1 Å². The standard InChI is InChI=1S/C27H43N2O3P/c1-9-24-20(4)26(32-8)11-10-25(24)21(5)29-13-12-23(16-27(29)33)28-17-22(14-18(2)30-6)15-19(3)31-7/h10-11,14-15,21,23,27-28H,2,9,12-13,16-17,33H2,1,3-8H3/b19-15+,22-14+. The van der Waals surface area contributed by atoms with Crippen molar-refractivity contribution < 1.29 is 14.2 Å². The van der Waals surface area contributed by atoms with Gasteiger partial charge in [0.15, 0.2) is 0 Å². The molecule has 1 fully saturated rings. The monoisotopic (exact) mass is 474 g/mol. The molecule has 184 valence electrons. The number of likely N-dealkylation sites (tertiary alicyclic amines) is 1. The van der Waals surface area contributed by atoms with Gasteiger partial charge in [-0.25, -0.2) is 0 Å². The molecule has 4 unspecified atom stereocenters. The van der Waals surface area contributed by atoms with Crippen LogP contribution in [0.1, 0.15) is 56.3 Å². The summed E-state index contributed by atoms with van der Waals surface area (Å²) in [6, 6.07) is 5.18. The molecule has 4 atom stereocenters. The number of ether oxygens (including phenoxy) is 3. The van der Waals surface area contributed by atoms with Crippen molar-refractivity contribution in [3.8, 4) is 5.75 Å². The predicted octanol–water partition coefficient (Wildman–Crippen LogP) is 5.52. The average Bonchev–Trinajstić information content (AvgIpc) is 2.81. The Hall–Kier alpha value is -1.81. The molecule has 0 amide bonds. The molecule has 1 aliphatic heterocycles. The van der Waals surface area contributed by atoms with Crippen LogP contribution in [-0.4, -0.2) is 51.1 Å². The topological polar surface area (TPSA) is 43.0 Å². The molecule has 0 spiro atoms. The molecule has 6 heteroatoms. The van der Waals surface area contributed by atoms with Crippen LogP contribution < -0.4 is 10.1 Å². The van der Waals surface area contributed by atoms with Gasteiger partial charge in [-0.05, 0) is 80.5 Å². The summed E-state index contributed by atoms with van der Waals surface area (Å²) < 4.78 is 16.1. The third-order valence-electron chi connectivity index (χ3n) is 6.71. The van der Waals surface area contributed by atoms with Gasteiger partial charge in [-0.1, -0.05) is 19.6 Å². The highest BCUT2D eigenvalue weighted by atomic mass is 31.0. The summed E-state index contributed by atoms with van der Waals surface area (Å²) in [6.07, 6.45) is 7.20. The van der Waals surface area contributed by atoms with Gasteiger partial charge in [-0.2, -0.15) is 0 Å². The summed E-state index contributed by atoms with van der Waals surface area (Å²) in [6.45, 7) is 14.4. The van der Waals surface area contributed by atoms with Crippen LogP contribution in [0.5, 0.6) is 5.75 Å². The van der Waals surface area contributed by atoms with Crippen molar-refractivity contribution in [3.63, 3.8) is 0 Å². The molecule has 0 radical (unpaired) electrons. The van der Waals surface area contributed by atoms with Gasteiger partial charge >= 0.3 is 0 Å². The van der Waals surface area contributed by atoms with Crippen molar-refractivity contribution >= 4 is 9.24 Å². The van der Waals surface area contributed by atoms with E-state index in [9.17, 15) is 0 Å². The summed E-state index contributed by atoms with van der Waals surface area (Å²) in [5.41, 5.74) is 5.18. The van der Waals surface area contributed by atoms with Gasteiger partial charge in [-0.15, -0.1) is 9.24 Å². The van der Waals surface area contributed by atoms with Crippen molar-refractivity contribution in [2.75, 3.05) is 34.4 Å². The molecule has 0 aromatic heterocycles. The van der Waals surface area contributed by atoms with E-state index in [-0.39, 0.29) is 0 Å². The lowest BCUT2D eigenvalue weighted by Gasteiger charge is -2.42. The van der Waals surface area contributed by atoms with Crippen molar-refractivity contribution in [3.05, 3.63) is 64.6 Å². The number of methoxy groups -OCH3 is 3. The number of benzene rings is 1. The van der Waals surface area contributed by atoms with Gasteiger partial charge in [0.2, 0.25) is 0 Å². The predicted molar refractivity (Wildman–Crippen MR) is 142 cm³/mol. The first kappa shape index (κ1) is 27.4. The summed E-state index contributed by atoms with van der Waals surface area (Å²) >= 11 is 0. The van der Waals surface area contributed by atoms with E-state index in [1.165, 1.54) is 16.7 Å². The smallest absolute Gasteiger partial charge is 0.122 e. The van der Waals surface area contributed by atoms with Gasteiger partial charge in [0.1, 0.15) is 11.5 Å². The van der Waals surface area contributed by atoms with Gasteiger partial charge < -0.3 is 19.5 Å². The van der Waals surface area contributed by atoms with Crippen LogP contribution in [0.2, 0.25) is 0 Å². The maximum atomic E-state index is 5.56. The lowest BCUT2D eigenvalue weighted by Crippen LogP contribution is -2.47. The van der Waals surface area contributed by atoms with E-state index in [1.54, 1.807) is 21.3 Å². The molecule has 0 aliphatic carbocycles. The Morgan fingerprint density at radius 2 is 2.00 bits per heavy atom. The number of nitrogens with one attached hydrogen (secondary N) is 1. The van der Waals surface area contributed by atoms with Crippen molar-refractivity contribution in [2.24, 2.45) is 0 Å². The van der Waals surface area contributed by atoms with Gasteiger partial charge in [0, 0.05) is 31.0 Å². The van der Waals surface area contributed by atoms with Gasteiger partial charge in [-0.3, -0.25) is 4.90 Å². The highest BCUT2D eigenvalue weighted by Crippen LogP contribution is 2.36.